The molecule has 0 spiro atoms. The van der Waals surface area contributed by atoms with E-state index in [-0.39, 0.29) is 11.7 Å². The number of nitrogens with one attached hydrogen (secondary N) is 2. The molecule has 2 aliphatic rings. The van der Waals surface area contributed by atoms with Gasteiger partial charge in [-0.3, -0.25) is 4.79 Å². The SMILES string of the molecule is O=C(c1cccs1)C1C(c2ccc3c(c2)OCO3)NC(=S)NC1(O)C(F)(F)F. The van der Waals surface area contributed by atoms with E-state index in [0.717, 1.165) is 11.3 Å². The first-order chi connectivity index (χ1) is 13.2. The Morgan fingerprint density at radius 2 is 2.04 bits per heavy atom. The molecule has 0 saturated carbocycles. The summed E-state index contributed by atoms with van der Waals surface area (Å²) >= 11 is 5.89. The van der Waals surface area contributed by atoms with E-state index in [1.54, 1.807) is 11.4 Å². The van der Waals surface area contributed by atoms with Crippen LogP contribution in [0, 0.1) is 5.92 Å². The van der Waals surface area contributed by atoms with Crippen molar-refractivity contribution in [3.63, 3.8) is 0 Å². The fourth-order valence-electron chi connectivity index (χ4n) is 3.30. The predicted octanol–water partition coefficient (Wildman–Crippen LogP) is 2.75. The number of thiocarbonyl (C=S) groups is 1. The minimum Gasteiger partial charge on any atom is -0.454 e. The third kappa shape index (κ3) is 2.99. The number of rotatable bonds is 3. The Bertz CT molecular complexity index is 935. The van der Waals surface area contributed by atoms with Crippen LogP contribution in [0.2, 0.25) is 0 Å². The van der Waals surface area contributed by atoms with Crippen molar-refractivity contribution < 1.29 is 32.5 Å². The van der Waals surface area contributed by atoms with Crippen LogP contribution in [-0.2, 0) is 0 Å². The largest absolute Gasteiger partial charge is 0.454 e. The molecule has 3 unspecified atom stereocenters. The van der Waals surface area contributed by atoms with Crippen LogP contribution in [0.25, 0.3) is 0 Å². The molecule has 3 atom stereocenters. The Balaban J connectivity index is 1.84. The third-order valence-electron chi connectivity index (χ3n) is 4.61. The van der Waals surface area contributed by atoms with Crippen LogP contribution in [0.15, 0.2) is 35.7 Å². The summed E-state index contributed by atoms with van der Waals surface area (Å²) in [5.41, 5.74) is -3.25. The standard InChI is InChI=1S/C17H13F3N2O4S2/c18-17(19,20)16(24)12(14(23)11-2-1-5-28-11)13(21-15(27)22-16)8-3-4-9-10(6-8)26-7-25-9/h1-6,12-13,24H,7H2,(H2,21,22,27). The van der Waals surface area contributed by atoms with Gasteiger partial charge in [0.25, 0.3) is 0 Å². The average Bonchev–Trinajstić information content (AvgIpc) is 3.30. The summed E-state index contributed by atoms with van der Waals surface area (Å²) in [6, 6.07) is 6.22. The number of aliphatic hydroxyl groups is 1. The number of ether oxygens (including phenoxy) is 2. The maximum Gasteiger partial charge on any atom is 0.437 e. The number of Topliss-reactive ketones (excluding diaryl/α,β-unsaturated/α-hetero) is 1. The molecule has 0 aliphatic carbocycles. The molecule has 1 aromatic carbocycles. The first-order valence-corrected chi connectivity index (χ1v) is 9.34. The van der Waals surface area contributed by atoms with Gasteiger partial charge in [-0.2, -0.15) is 13.2 Å². The van der Waals surface area contributed by atoms with Crippen LogP contribution in [0.4, 0.5) is 13.2 Å². The van der Waals surface area contributed by atoms with Gasteiger partial charge < -0.3 is 25.2 Å². The van der Waals surface area contributed by atoms with Crippen molar-refractivity contribution in [3.8, 4) is 11.5 Å². The maximum absolute atomic E-state index is 13.9. The van der Waals surface area contributed by atoms with E-state index >= 15 is 0 Å². The second kappa shape index (κ2) is 6.61. The highest BCUT2D eigenvalue weighted by atomic mass is 32.1. The van der Waals surface area contributed by atoms with Crippen molar-refractivity contribution in [1.29, 1.82) is 0 Å². The first-order valence-electron chi connectivity index (χ1n) is 8.06. The molecule has 1 aromatic heterocycles. The highest BCUT2D eigenvalue weighted by molar-refractivity contribution is 7.80. The molecule has 148 valence electrons. The minimum absolute atomic E-state index is 0.0130. The molecule has 0 radical (unpaired) electrons. The zero-order chi connectivity index (χ0) is 20.1. The lowest BCUT2D eigenvalue weighted by Gasteiger charge is -2.46. The third-order valence-corrected chi connectivity index (χ3v) is 5.71. The number of benzene rings is 1. The quantitative estimate of drug-likeness (QED) is 0.511. The van der Waals surface area contributed by atoms with Crippen molar-refractivity contribution in [3.05, 3.63) is 46.2 Å². The Morgan fingerprint density at radius 3 is 2.71 bits per heavy atom. The van der Waals surface area contributed by atoms with E-state index in [4.69, 9.17) is 21.7 Å². The molecule has 6 nitrogen and oxygen atoms in total. The zero-order valence-electron chi connectivity index (χ0n) is 13.9. The molecule has 1 saturated heterocycles. The zero-order valence-corrected chi connectivity index (χ0v) is 15.6. The highest BCUT2D eigenvalue weighted by Crippen LogP contribution is 2.45. The highest BCUT2D eigenvalue weighted by Gasteiger charge is 2.65. The van der Waals surface area contributed by atoms with Gasteiger partial charge >= 0.3 is 6.18 Å². The smallest absolute Gasteiger partial charge is 0.437 e. The van der Waals surface area contributed by atoms with Crippen molar-refractivity contribution in [2.75, 3.05) is 6.79 Å². The molecule has 0 bridgehead atoms. The monoisotopic (exact) mass is 430 g/mol. The topological polar surface area (TPSA) is 79.8 Å². The number of alkyl halides is 3. The number of carbonyl (C=O) groups is 1. The molecule has 11 heteroatoms. The maximum atomic E-state index is 13.9. The van der Waals surface area contributed by atoms with Gasteiger partial charge in [-0.05, 0) is 41.4 Å². The Hall–Kier alpha value is -2.37. The van der Waals surface area contributed by atoms with Gasteiger partial charge in [0.2, 0.25) is 12.5 Å². The Morgan fingerprint density at radius 1 is 1.29 bits per heavy atom. The number of hydrogen-bond donors (Lipinski definition) is 3. The van der Waals surface area contributed by atoms with Crippen molar-refractivity contribution in [2.24, 2.45) is 5.92 Å². The lowest BCUT2D eigenvalue weighted by atomic mass is 9.78. The number of halogens is 3. The number of ketones is 1. The van der Waals surface area contributed by atoms with Gasteiger partial charge in [0.05, 0.1) is 10.9 Å². The van der Waals surface area contributed by atoms with E-state index in [2.05, 4.69) is 5.32 Å². The number of fused-ring (bicyclic) bond motifs is 1. The summed E-state index contributed by atoms with van der Waals surface area (Å²) in [4.78, 5) is 13.1. The van der Waals surface area contributed by atoms with E-state index < -0.39 is 34.8 Å². The van der Waals surface area contributed by atoms with E-state index in [1.807, 2.05) is 5.32 Å². The minimum atomic E-state index is -5.16. The number of hydrogen-bond acceptors (Lipinski definition) is 6. The number of carbonyl (C=O) groups excluding carboxylic acids is 1. The Kier molecular flexibility index (Phi) is 4.47. The van der Waals surface area contributed by atoms with Crippen LogP contribution < -0.4 is 20.1 Å². The van der Waals surface area contributed by atoms with Crippen molar-refractivity contribution in [2.45, 2.75) is 17.9 Å². The molecule has 2 aromatic rings. The first kappa shape index (κ1) is 19.0. The Labute approximate surface area is 166 Å². The van der Waals surface area contributed by atoms with Crippen LogP contribution in [0.3, 0.4) is 0 Å². The van der Waals surface area contributed by atoms with Crippen LogP contribution in [0.1, 0.15) is 21.3 Å². The van der Waals surface area contributed by atoms with Gasteiger partial charge in [0, 0.05) is 0 Å². The second-order valence-corrected chi connectivity index (χ2v) is 7.63. The van der Waals surface area contributed by atoms with Gasteiger partial charge in [-0.25, -0.2) is 0 Å². The molecular formula is C17H13F3N2O4S2. The second-order valence-electron chi connectivity index (χ2n) is 6.27. The van der Waals surface area contributed by atoms with Gasteiger partial charge in [0.1, 0.15) is 5.92 Å². The normalized spacial score (nSPS) is 26.5. The molecule has 2 aliphatic heterocycles. The fourth-order valence-corrected chi connectivity index (χ4v) is 4.28. The van der Waals surface area contributed by atoms with E-state index in [1.165, 1.54) is 24.3 Å². The van der Waals surface area contributed by atoms with Crippen LogP contribution in [0.5, 0.6) is 11.5 Å². The predicted molar refractivity (Wildman–Crippen MR) is 97.3 cm³/mol. The molecular weight excluding hydrogens is 417 g/mol. The molecule has 3 N–H and O–H groups in total. The van der Waals surface area contributed by atoms with Crippen molar-refractivity contribution in [1.82, 2.24) is 10.6 Å². The van der Waals surface area contributed by atoms with Crippen LogP contribution in [-0.4, -0.2) is 34.7 Å². The summed E-state index contributed by atoms with van der Waals surface area (Å²) in [6.45, 7) is -0.0130. The molecule has 4 rings (SSSR count). The molecule has 0 amide bonds. The summed E-state index contributed by atoms with van der Waals surface area (Å²) in [7, 11) is 0. The lowest BCUT2D eigenvalue weighted by molar-refractivity contribution is -0.285. The molecule has 1 fully saturated rings. The van der Waals surface area contributed by atoms with Gasteiger partial charge in [0.15, 0.2) is 22.4 Å². The van der Waals surface area contributed by atoms with E-state index in [0.29, 0.717) is 17.1 Å². The van der Waals surface area contributed by atoms with Gasteiger partial charge in [-0.1, -0.05) is 12.1 Å². The summed E-state index contributed by atoms with van der Waals surface area (Å²) in [6.07, 6.45) is -5.16. The fraction of sp³-hybridized carbons (Fsp3) is 0.294. The summed E-state index contributed by atoms with van der Waals surface area (Å²) in [5.74, 6) is -2.02. The lowest BCUT2D eigenvalue weighted by Crippen LogP contribution is -2.72. The molecule has 3 heterocycles. The van der Waals surface area contributed by atoms with Crippen molar-refractivity contribution >= 4 is 34.5 Å². The van der Waals surface area contributed by atoms with E-state index in [9.17, 15) is 23.1 Å². The summed E-state index contributed by atoms with van der Waals surface area (Å²) in [5, 5.41) is 16.3. The average molecular weight is 430 g/mol. The molecule has 28 heavy (non-hydrogen) atoms. The number of thiophene rings is 1. The van der Waals surface area contributed by atoms with Gasteiger partial charge in [-0.15, -0.1) is 11.3 Å². The summed E-state index contributed by atoms with van der Waals surface area (Å²) < 4.78 is 52.1. The van der Waals surface area contributed by atoms with Crippen LogP contribution >= 0.6 is 23.6 Å².